The maximum Gasteiger partial charge on any atom is 0.297 e. The predicted molar refractivity (Wildman–Crippen MR) is 106 cm³/mol. The van der Waals surface area contributed by atoms with Gasteiger partial charge in [-0.2, -0.15) is 0 Å². The SMILES string of the molecule is CCCCCCn1c(=O)c(OC)c(OCCCC)c2ccc(OC)cc21. The predicted octanol–water partition coefficient (Wildman–Crippen LogP) is 4.78. The van der Waals surface area contributed by atoms with E-state index in [0.717, 1.165) is 48.8 Å². The molecule has 1 aromatic heterocycles. The van der Waals surface area contributed by atoms with E-state index in [9.17, 15) is 4.79 Å². The van der Waals surface area contributed by atoms with Gasteiger partial charge >= 0.3 is 0 Å². The van der Waals surface area contributed by atoms with E-state index in [-0.39, 0.29) is 11.3 Å². The fourth-order valence-corrected chi connectivity index (χ4v) is 3.07. The Kier molecular flexibility index (Phi) is 7.82. The lowest BCUT2D eigenvalue weighted by Crippen LogP contribution is -2.23. The van der Waals surface area contributed by atoms with Crippen LogP contribution in [0.15, 0.2) is 23.0 Å². The van der Waals surface area contributed by atoms with E-state index in [4.69, 9.17) is 14.2 Å². The molecule has 0 amide bonds. The fourth-order valence-electron chi connectivity index (χ4n) is 3.07. The molecule has 0 saturated carbocycles. The molecule has 0 bridgehead atoms. The van der Waals surface area contributed by atoms with Crippen molar-refractivity contribution in [2.75, 3.05) is 20.8 Å². The molecule has 0 spiro atoms. The summed E-state index contributed by atoms with van der Waals surface area (Å²) >= 11 is 0. The largest absolute Gasteiger partial charge is 0.497 e. The summed E-state index contributed by atoms with van der Waals surface area (Å²) in [5, 5.41) is 0.883. The van der Waals surface area contributed by atoms with E-state index in [1.807, 2.05) is 18.2 Å². The minimum atomic E-state index is -0.142. The number of methoxy groups -OCH3 is 2. The van der Waals surface area contributed by atoms with Gasteiger partial charge < -0.3 is 18.8 Å². The third-order valence-electron chi connectivity index (χ3n) is 4.57. The zero-order valence-corrected chi connectivity index (χ0v) is 16.5. The molecule has 2 rings (SSSR count). The van der Waals surface area contributed by atoms with Crippen molar-refractivity contribution in [3.63, 3.8) is 0 Å². The van der Waals surface area contributed by atoms with Gasteiger partial charge in [0.1, 0.15) is 5.75 Å². The first-order chi connectivity index (χ1) is 12.7. The van der Waals surface area contributed by atoms with Crippen LogP contribution in [0.2, 0.25) is 0 Å². The summed E-state index contributed by atoms with van der Waals surface area (Å²) in [4.78, 5) is 13.0. The molecule has 1 heterocycles. The molecule has 0 radical (unpaired) electrons. The number of ether oxygens (including phenoxy) is 3. The Morgan fingerprint density at radius 1 is 0.923 bits per heavy atom. The lowest BCUT2D eigenvalue weighted by molar-refractivity contribution is 0.288. The van der Waals surface area contributed by atoms with Crippen LogP contribution >= 0.6 is 0 Å². The monoisotopic (exact) mass is 361 g/mol. The summed E-state index contributed by atoms with van der Waals surface area (Å²) in [5.74, 6) is 1.55. The summed E-state index contributed by atoms with van der Waals surface area (Å²) in [5.41, 5.74) is 0.689. The number of rotatable bonds is 11. The average Bonchev–Trinajstić information content (AvgIpc) is 2.66. The van der Waals surface area contributed by atoms with Gasteiger partial charge in [-0.05, 0) is 25.0 Å². The van der Waals surface area contributed by atoms with Crippen molar-refractivity contribution < 1.29 is 14.2 Å². The van der Waals surface area contributed by atoms with Gasteiger partial charge in [-0.1, -0.05) is 39.5 Å². The molecule has 0 N–H and O–H groups in total. The normalized spacial score (nSPS) is 10.9. The van der Waals surface area contributed by atoms with Gasteiger partial charge in [0.15, 0.2) is 5.75 Å². The Hall–Kier alpha value is -2.17. The van der Waals surface area contributed by atoms with Gasteiger partial charge in [-0.25, -0.2) is 0 Å². The Bertz CT molecular complexity index is 767. The van der Waals surface area contributed by atoms with E-state index < -0.39 is 0 Å². The van der Waals surface area contributed by atoms with Crippen LogP contribution in [0, 0.1) is 0 Å². The summed E-state index contributed by atoms with van der Waals surface area (Å²) in [6.45, 7) is 5.51. The van der Waals surface area contributed by atoms with Crippen LogP contribution in [-0.4, -0.2) is 25.4 Å². The summed E-state index contributed by atoms with van der Waals surface area (Å²) in [6.07, 6.45) is 6.36. The van der Waals surface area contributed by atoms with Crippen molar-refractivity contribution in [1.29, 1.82) is 0 Å². The molecule has 144 valence electrons. The van der Waals surface area contributed by atoms with Gasteiger partial charge in [-0.15, -0.1) is 0 Å². The zero-order chi connectivity index (χ0) is 18.9. The van der Waals surface area contributed by atoms with Crippen molar-refractivity contribution >= 4 is 10.9 Å². The number of hydrogen-bond donors (Lipinski definition) is 0. The number of nitrogens with zero attached hydrogens (tertiary/aromatic N) is 1. The molecular weight excluding hydrogens is 330 g/mol. The van der Waals surface area contributed by atoms with E-state index >= 15 is 0 Å². The first-order valence-corrected chi connectivity index (χ1v) is 9.59. The van der Waals surface area contributed by atoms with E-state index in [0.29, 0.717) is 18.9 Å². The van der Waals surface area contributed by atoms with Gasteiger partial charge in [0.2, 0.25) is 5.75 Å². The number of benzene rings is 1. The Labute approximate surface area is 155 Å². The first kappa shape index (κ1) is 20.1. The quantitative estimate of drug-likeness (QED) is 0.541. The fraction of sp³-hybridized carbons (Fsp3) is 0.571. The second kappa shape index (κ2) is 10.1. The first-order valence-electron chi connectivity index (χ1n) is 9.59. The highest BCUT2D eigenvalue weighted by molar-refractivity contribution is 5.89. The van der Waals surface area contributed by atoms with E-state index in [1.165, 1.54) is 13.5 Å². The number of unbranched alkanes of at least 4 members (excludes halogenated alkanes) is 4. The molecule has 5 heteroatoms. The van der Waals surface area contributed by atoms with Crippen LogP contribution in [0.5, 0.6) is 17.2 Å². The summed E-state index contributed by atoms with van der Waals surface area (Å²) in [6, 6.07) is 5.74. The highest BCUT2D eigenvalue weighted by atomic mass is 16.5. The van der Waals surface area contributed by atoms with Crippen molar-refractivity contribution in [1.82, 2.24) is 4.57 Å². The molecule has 26 heavy (non-hydrogen) atoms. The molecule has 2 aromatic rings. The zero-order valence-electron chi connectivity index (χ0n) is 16.5. The smallest absolute Gasteiger partial charge is 0.297 e. The third-order valence-corrected chi connectivity index (χ3v) is 4.57. The van der Waals surface area contributed by atoms with Crippen molar-refractivity contribution in [2.45, 2.75) is 58.9 Å². The van der Waals surface area contributed by atoms with Crippen molar-refractivity contribution in [3.05, 3.63) is 28.6 Å². The third kappa shape index (κ3) is 4.51. The highest BCUT2D eigenvalue weighted by Gasteiger charge is 2.19. The second-order valence-electron chi connectivity index (χ2n) is 6.46. The van der Waals surface area contributed by atoms with Crippen LogP contribution in [0.4, 0.5) is 0 Å². The molecule has 0 saturated heterocycles. The highest BCUT2D eigenvalue weighted by Crippen LogP contribution is 2.34. The summed E-state index contributed by atoms with van der Waals surface area (Å²) < 4.78 is 18.6. The van der Waals surface area contributed by atoms with Crippen LogP contribution in [-0.2, 0) is 6.54 Å². The Morgan fingerprint density at radius 3 is 2.35 bits per heavy atom. The van der Waals surface area contributed by atoms with E-state index in [2.05, 4.69) is 13.8 Å². The van der Waals surface area contributed by atoms with Crippen LogP contribution in [0.1, 0.15) is 52.4 Å². The molecule has 0 aliphatic rings. The molecule has 0 unspecified atom stereocenters. The molecule has 5 nitrogen and oxygen atoms in total. The molecule has 0 aliphatic heterocycles. The molecule has 0 atom stereocenters. The molecule has 0 fully saturated rings. The number of fused-ring (bicyclic) bond motifs is 1. The Morgan fingerprint density at radius 2 is 1.69 bits per heavy atom. The minimum absolute atomic E-state index is 0.142. The van der Waals surface area contributed by atoms with Gasteiger partial charge in [0.05, 0.1) is 26.3 Å². The lowest BCUT2D eigenvalue weighted by atomic mass is 10.1. The number of aromatic nitrogens is 1. The second-order valence-corrected chi connectivity index (χ2v) is 6.46. The molecular formula is C21H31NO4. The van der Waals surface area contributed by atoms with Gasteiger partial charge in [0, 0.05) is 18.0 Å². The van der Waals surface area contributed by atoms with E-state index in [1.54, 1.807) is 11.7 Å². The van der Waals surface area contributed by atoms with Gasteiger partial charge in [-0.3, -0.25) is 4.79 Å². The Balaban J connectivity index is 2.55. The summed E-state index contributed by atoms with van der Waals surface area (Å²) in [7, 11) is 3.16. The van der Waals surface area contributed by atoms with Crippen LogP contribution in [0.3, 0.4) is 0 Å². The lowest BCUT2D eigenvalue weighted by Gasteiger charge is -2.18. The van der Waals surface area contributed by atoms with Gasteiger partial charge in [0.25, 0.3) is 5.56 Å². The number of hydrogen-bond acceptors (Lipinski definition) is 4. The minimum Gasteiger partial charge on any atom is -0.497 e. The molecule has 0 aliphatic carbocycles. The van der Waals surface area contributed by atoms with Crippen LogP contribution in [0.25, 0.3) is 10.9 Å². The van der Waals surface area contributed by atoms with Crippen molar-refractivity contribution in [2.24, 2.45) is 0 Å². The number of pyridine rings is 1. The number of aryl methyl sites for hydroxylation is 1. The maximum atomic E-state index is 13.0. The average molecular weight is 361 g/mol. The maximum absolute atomic E-state index is 13.0. The topological polar surface area (TPSA) is 49.7 Å². The van der Waals surface area contributed by atoms with Crippen molar-refractivity contribution in [3.8, 4) is 17.2 Å². The van der Waals surface area contributed by atoms with Crippen LogP contribution < -0.4 is 19.8 Å². The molecule has 1 aromatic carbocycles. The standard InChI is InChI=1S/C21H31NO4/c1-5-7-9-10-13-22-18-15-16(24-3)11-12-17(18)19(26-14-8-6-2)20(25-4)21(22)23/h11-12,15H,5-10,13-14H2,1-4H3.